The van der Waals surface area contributed by atoms with E-state index in [1.54, 1.807) is 4.90 Å². The number of tetrazole rings is 1. The van der Waals surface area contributed by atoms with E-state index in [1.807, 2.05) is 118 Å². The number of hydrogen-bond acceptors (Lipinski definition) is 6. The van der Waals surface area contributed by atoms with Gasteiger partial charge in [0.25, 0.3) is 0 Å². The third kappa shape index (κ3) is 8.44. The number of benzene rings is 5. The molecule has 0 bridgehead atoms. The Hall–Kier alpha value is -5.89. The average Bonchev–Trinajstić information content (AvgIpc) is 3.68. The van der Waals surface area contributed by atoms with Gasteiger partial charge >= 0.3 is 5.97 Å². The van der Waals surface area contributed by atoms with Crippen LogP contribution in [0.5, 0.6) is 0 Å². The third-order valence-electron chi connectivity index (χ3n) is 9.83. The van der Waals surface area contributed by atoms with Crippen LogP contribution in [0.3, 0.4) is 0 Å². The molecule has 6 rings (SSSR count). The van der Waals surface area contributed by atoms with Gasteiger partial charge in [-0.1, -0.05) is 167 Å². The number of aromatic nitrogens is 4. The van der Waals surface area contributed by atoms with Crippen molar-refractivity contribution < 1.29 is 14.3 Å². The summed E-state index contributed by atoms with van der Waals surface area (Å²) in [5, 5.41) is 13.8. The van der Waals surface area contributed by atoms with Gasteiger partial charge in [-0.25, -0.2) is 9.48 Å². The van der Waals surface area contributed by atoms with Crippen LogP contribution in [-0.2, 0) is 26.4 Å². The molecule has 0 aliphatic heterocycles. The lowest BCUT2D eigenvalue weighted by Crippen LogP contribution is -2.49. The number of amides is 1. The largest absolute Gasteiger partial charge is 0.458 e. The summed E-state index contributed by atoms with van der Waals surface area (Å²) < 4.78 is 7.77. The van der Waals surface area contributed by atoms with Crippen molar-refractivity contribution in [3.63, 3.8) is 0 Å². The Morgan fingerprint density at radius 2 is 1.22 bits per heavy atom. The molecule has 5 aromatic carbocycles. The van der Waals surface area contributed by atoms with Crippen molar-refractivity contribution in [2.24, 2.45) is 5.92 Å². The minimum Gasteiger partial charge on any atom is -0.458 e. The van der Waals surface area contributed by atoms with Crippen LogP contribution < -0.4 is 0 Å². The van der Waals surface area contributed by atoms with Gasteiger partial charge < -0.3 is 9.64 Å². The van der Waals surface area contributed by atoms with Gasteiger partial charge in [-0.2, -0.15) is 0 Å². The highest BCUT2D eigenvalue weighted by atomic mass is 16.6. The summed E-state index contributed by atoms with van der Waals surface area (Å²) in [6.45, 7) is 11.8. The fourth-order valence-electron chi connectivity index (χ4n) is 7.34. The highest BCUT2D eigenvalue weighted by molar-refractivity contribution is 5.85. The van der Waals surface area contributed by atoms with Crippen molar-refractivity contribution in [3.8, 4) is 22.5 Å². The Labute approximate surface area is 325 Å². The zero-order chi connectivity index (χ0) is 39.0. The van der Waals surface area contributed by atoms with E-state index in [4.69, 9.17) is 15.0 Å². The van der Waals surface area contributed by atoms with Crippen LogP contribution in [0.1, 0.15) is 83.1 Å². The lowest BCUT2D eigenvalue weighted by molar-refractivity contribution is -0.167. The molecule has 0 N–H and O–H groups in total. The Morgan fingerprint density at radius 1 is 0.709 bits per heavy atom. The Bertz CT molecular complexity index is 2060. The number of ether oxygens (including phenoxy) is 1. The molecule has 6 aromatic rings. The molecule has 1 heterocycles. The molecular weight excluding hydrogens is 683 g/mol. The maximum Gasteiger partial charge on any atom is 0.329 e. The van der Waals surface area contributed by atoms with Crippen molar-refractivity contribution in [1.82, 2.24) is 25.1 Å². The fraction of sp³-hybridized carbons (Fsp3) is 0.298. The van der Waals surface area contributed by atoms with Crippen LogP contribution in [-0.4, -0.2) is 48.6 Å². The average molecular weight is 734 g/mol. The predicted molar refractivity (Wildman–Crippen MR) is 218 cm³/mol. The molecule has 1 atom stereocenters. The Morgan fingerprint density at radius 3 is 1.71 bits per heavy atom. The van der Waals surface area contributed by atoms with Crippen LogP contribution in [0.2, 0.25) is 0 Å². The first kappa shape index (κ1) is 38.8. The molecule has 0 aliphatic rings. The van der Waals surface area contributed by atoms with Gasteiger partial charge in [-0.15, -0.1) is 5.10 Å². The summed E-state index contributed by atoms with van der Waals surface area (Å²) in [5.74, 6) is 0.0491. The molecule has 0 fully saturated rings. The smallest absolute Gasteiger partial charge is 0.329 e. The quantitative estimate of drug-likeness (QED) is 0.0818. The summed E-state index contributed by atoms with van der Waals surface area (Å²) in [7, 11) is 0. The summed E-state index contributed by atoms with van der Waals surface area (Å²) in [6.07, 6.45) is 2.02. The van der Waals surface area contributed by atoms with Crippen LogP contribution in [0.4, 0.5) is 0 Å². The first-order valence-electron chi connectivity index (χ1n) is 19.2. The highest BCUT2D eigenvalue weighted by Gasteiger charge is 2.42. The van der Waals surface area contributed by atoms with Crippen molar-refractivity contribution in [3.05, 3.63) is 162 Å². The monoisotopic (exact) mass is 733 g/mol. The maximum absolute atomic E-state index is 13.7. The number of carbonyl (C=O) groups is 2. The zero-order valence-corrected chi connectivity index (χ0v) is 32.7. The maximum atomic E-state index is 13.7. The van der Waals surface area contributed by atoms with E-state index in [1.165, 1.54) is 0 Å². The number of nitrogens with zero attached hydrogens (tertiary/aromatic N) is 5. The molecule has 282 valence electrons. The molecule has 0 saturated carbocycles. The lowest BCUT2D eigenvalue weighted by Gasteiger charge is -2.36. The van der Waals surface area contributed by atoms with Gasteiger partial charge in [0, 0.05) is 18.5 Å². The number of hydrogen-bond donors (Lipinski definition) is 0. The number of unbranched alkanes of at least 4 members (excludes halogenated alkanes) is 1. The molecule has 0 saturated heterocycles. The second kappa shape index (κ2) is 17.1. The third-order valence-corrected chi connectivity index (χ3v) is 9.83. The highest BCUT2D eigenvalue weighted by Crippen LogP contribution is 2.43. The number of carbonyl (C=O) groups excluding carboxylic acids is 2. The van der Waals surface area contributed by atoms with Crippen LogP contribution in [0.25, 0.3) is 22.5 Å². The van der Waals surface area contributed by atoms with Crippen LogP contribution >= 0.6 is 0 Å². The normalized spacial score (nSPS) is 12.3. The van der Waals surface area contributed by atoms with E-state index in [0.717, 1.165) is 51.8 Å². The molecule has 0 radical (unpaired) electrons. The molecule has 8 heteroatoms. The van der Waals surface area contributed by atoms with Crippen molar-refractivity contribution in [2.45, 2.75) is 84.5 Å². The van der Waals surface area contributed by atoms with E-state index >= 15 is 0 Å². The van der Waals surface area contributed by atoms with E-state index < -0.39 is 17.2 Å². The van der Waals surface area contributed by atoms with Gasteiger partial charge in [0.2, 0.25) is 5.91 Å². The zero-order valence-electron chi connectivity index (χ0n) is 32.7. The number of rotatable bonds is 14. The molecule has 8 nitrogen and oxygen atoms in total. The molecule has 0 spiro atoms. The summed E-state index contributed by atoms with van der Waals surface area (Å²) >= 11 is 0. The van der Waals surface area contributed by atoms with Crippen LogP contribution in [0, 0.1) is 5.92 Å². The van der Waals surface area contributed by atoms with E-state index in [-0.39, 0.29) is 17.8 Å². The molecule has 0 aliphatic carbocycles. The Balaban J connectivity index is 1.42. The minimum atomic E-state index is -0.894. The molecule has 0 unspecified atom stereocenters. The lowest BCUT2D eigenvalue weighted by atomic mass is 9.77. The van der Waals surface area contributed by atoms with Gasteiger partial charge in [-0.05, 0) is 76.9 Å². The second-order valence-corrected chi connectivity index (χ2v) is 15.3. The van der Waals surface area contributed by atoms with Crippen molar-refractivity contribution in [2.75, 3.05) is 0 Å². The Kier molecular flexibility index (Phi) is 12.0. The van der Waals surface area contributed by atoms with Gasteiger partial charge in [0.1, 0.15) is 17.2 Å². The molecule has 55 heavy (non-hydrogen) atoms. The predicted octanol–water partition coefficient (Wildman–Crippen LogP) is 9.73. The molecule has 1 amide bonds. The van der Waals surface area contributed by atoms with Gasteiger partial charge in [0.15, 0.2) is 5.82 Å². The molecular formula is C47H51N5O3. The topological polar surface area (TPSA) is 90.2 Å². The van der Waals surface area contributed by atoms with E-state index in [9.17, 15) is 9.59 Å². The van der Waals surface area contributed by atoms with Gasteiger partial charge in [0.05, 0.1) is 0 Å². The van der Waals surface area contributed by atoms with Crippen molar-refractivity contribution >= 4 is 11.9 Å². The summed E-state index contributed by atoms with van der Waals surface area (Å²) in [6, 6.07) is 46.7. The summed E-state index contributed by atoms with van der Waals surface area (Å²) in [4.78, 5) is 28.9. The summed E-state index contributed by atoms with van der Waals surface area (Å²) in [5.41, 5.74) is 5.21. The van der Waals surface area contributed by atoms with Gasteiger partial charge in [-0.3, -0.25) is 4.79 Å². The standard InChI is InChI=1S/C47H51N5O3/c1-7-8-28-42(53)51(43(34(2)3)45(54)55-46(4,5)6)33-35-29-31-36(32-30-35)40-26-18-19-27-41(40)44-48-49-50-52(44)47(37-20-12-9-13-21-37,38-22-14-10-15-23-38)39-24-16-11-17-25-39/h9-27,29-32,34,43H,7-8,28,33H2,1-6H3/t43-/m0/s1. The SMILES string of the molecule is CCCCC(=O)N(Cc1ccc(-c2ccccc2-c2nnnn2C(c2ccccc2)(c2ccccc2)c2ccccc2)cc1)[C@H](C(=O)OC(C)(C)C)C(C)C. The first-order valence-corrected chi connectivity index (χ1v) is 19.2. The second-order valence-electron chi connectivity index (χ2n) is 15.3. The van der Waals surface area contributed by atoms with Crippen molar-refractivity contribution in [1.29, 1.82) is 0 Å². The molecule has 1 aromatic heterocycles. The van der Waals surface area contributed by atoms with Crippen LogP contribution in [0.15, 0.2) is 140 Å². The minimum absolute atomic E-state index is 0.0496. The van der Waals surface area contributed by atoms with E-state index in [2.05, 4.69) is 72.8 Å². The fourth-order valence-corrected chi connectivity index (χ4v) is 7.34. The number of esters is 1. The first-order chi connectivity index (χ1) is 26.5. The van der Waals surface area contributed by atoms with E-state index in [0.29, 0.717) is 18.8 Å².